The molecule has 0 spiro atoms. The largest absolute Gasteiger partial charge is 0.494 e. The third-order valence-corrected chi connectivity index (χ3v) is 9.40. The fourth-order valence-corrected chi connectivity index (χ4v) is 6.33. The summed E-state index contributed by atoms with van der Waals surface area (Å²) in [4.78, 5) is 12.8. The molecule has 0 aliphatic heterocycles. The smallest absolute Gasteiger partial charge is 0.165 e. The van der Waals surface area contributed by atoms with E-state index in [1.54, 1.807) is 0 Å². The van der Waals surface area contributed by atoms with Gasteiger partial charge in [-0.25, -0.2) is 0 Å². The molecular formula is C43H64O3. The zero-order valence-electron chi connectivity index (χ0n) is 29.6. The molecule has 0 unspecified atom stereocenters. The molecule has 1 atom stereocenters. The number of hydrogen-bond donors (Lipinski definition) is 0. The Balaban J connectivity index is 1.30. The molecule has 0 saturated heterocycles. The molecule has 0 aliphatic rings. The van der Waals surface area contributed by atoms with Gasteiger partial charge in [0.25, 0.3) is 0 Å². The fourth-order valence-electron chi connectivity index (χ4n) is 6.33. The van der Waals surface area contributed by atoms with E-state index in [1.807, 2.05) is 36.4 Å². The Hall–Kier alpha value is -2.81. The summed E-state index contributed by atoms with van der Waals surface area (Å²) < 4.78 is 12.3. The quantitative estimate of drug-likeness (QED) is 0.0622. The van der Waals surface area contributed by atoms with Gasteiger partial charge < -0.3 is 9.47 Å². The standard InChI is InChI=1S/C43H64O3/c1-4-6-8-10-11-12-13-14-15-16-17-18-19-20-22-33-45-40-31-32-41-39(34-40)25-23-26-42(41)46-35-37-27-29-38(30-28-37)43(44)36(3)24-21-9-7-5-2/h23,25-32,34,36H,4-22,24,33,35H2,1-3H3/t36-/m1/s1. The SMILES string of the molecule is CCCCCCCCCCCCCCCCCOc1ccc2c(OCc3ccc(C(=O)[C@H](C)CCCCCC)cc3)cccc2c1. The molecule has 0 fully saturated rings. The maximum atomic E-state index is 12.8. The van der Waals surface area contributed by atoms with Crippen molar-refractivity contribution in [3.8, 4) is 11.5 Å². The number of hydrogen-bond acceptors (Lipinski definition) is 3. The van der Waals surface area contributed by atoms with Crippen LogP contribution >= 0.6 is 0 Å². The lowest BCUT2D eigenvalue weighted by atomic mass is 9.93. The van der Waals surface area contributed by atoms with Crippen LogP contribution in [0.3, 0.4) is 0 Å². The van der Waals surface area contributed by atoms with Crippen LogP contribution in [0, 0.1) is 5.92 Å². The van der Waals surface area contributed by atoms with Crippen molar-refractivity contribution in [3.05, 3.63) is 71.8 Å². The van der Waals surface area contributed by atoms with E-state index in [4.69, 9.17) is 9.47 Å². The summed E-state index contributed by atoms with van der Waals surface area (Å²) in [6.07, 6.45) is 26.4. The van der Waals surface area contributed by atoms with Gasteiger partial charge in [-0.2, -0.15) is 0 Å². The Kier molecular flexibility index (Phi) is 19.2. The van der Waals surface area contributed by atoms with E-state index in [0.29, 0.717) is 6.61 Å². The number of unbranched alkanes of at least 4 members (excludes halogenated alkanes) is 17. The van der Waals surface area contributed by atoms with Gasteiger partial charge in [0.2, 0.25) is 0 Å². The van der Waals surface area contributed by atoms with Gasteiger partial charge in [0, 0.05) is 16.9 Å². The van der Waals surface area contributed by atoms with Crippen molar-refractivity contribution in [3.63, 3.8) is 0 Å². The molecule has 0 amide bonds. The summed E-state index contributed by atoms with van der Waals surface area (Å²) in [5.74, 6) is 2.12. The van der Waals surface area contributed by atoms with E-state index >= 15 is 0 Å². The molecule has 46 heavy (non-hydrogen) atoms. The molecular weight excluding hydrogens is 564 g/mol. The first-order valence-electron chi connectivity index (χ1n) is 19.0. The minimum absolute atomic E-state index is 0.0765. The lowest BCUT2D eigenvalue weighted by Crippen LogP contribution is -2.11. The van der Waals surface area contributed by atoms with Crippen LogP contribution in [0.25, 0.3) is 10.8 Å². The van der Waals surface area contributed by atoms with Crippen molar-refractivity contribution in [2.24, 2.45) is 5.92 Å². The Morgan fingerprint density at radius 3 is 1.78 bits per heavy atom. The molecule has 0 aromatic heterocycles. The van der Waals surface area contributed by atoms with Crippen molar-refractivity contribution >= 4 is 16.6 Å². The number of Topliss-reactive ketones (excluding diaryl/α,β-unsaturated/α-hetero) is 1. The third kappa shape index (κ3) is 14.7. The lowest BCUT2D eigenvalue weighted by Gasteiger charge is -2.13. The highest BCUT2D eigenvalue weighted by molar-refractivity contribution is 5.97. The van der Waals surface area contributed by atoms with Crippen LogP contribution in [0.1, 0.15) is 165 Å². The van der Waals surface area contributed by atoms with Gasteiger partial charge in [-0.05, 0) is 48.1 Å². The molecule has 0 saturated carbocycles. The first-order chi connectivity index (χ1) is 22.6. The Bertz CT molecular complexity index is 1210. The van der Waals surface area contributed by atoms with Crippen molar-refractivity contribution in [1.82, 2.24) is 0 Å². The number of fused-ring (bicyclic) bond motifs is 1. The zero-order valence-corrected chi connectivity index (χ0v) is 29.6. The summed E-state index contributed by atoms with van der Waals surface area (Å²) in [5, 5.41) is 2.21. The van der Waals surface area contributed by atoms with Crippen LogP contribution in [0.5, 0.6) is 11.5 Å². The van der Waals surface area contributed by atoms with Gasteiger partial charge in [0.15, 0.2) is 5.78 Å². The number of carbonyl (C=O) groups is 1. The van der Waals surface area contributed by atoms with Crippen LogP contribution in [-0.4, -0.2) is 12.4 Å². The normalized spacial score (nSPS) is 12.0. The summed E-state index contributed by atoms with van der Waals surface area (Å²) >= 11 is 0. The molecule has 0 N–H and O–H groups in total. The molecule has 0 bridgehead atoms. The van der Waals surface area contributed by atoms with Gasteiger partial charge >= 0.3 is 0 Å². The molecule has 3 aromatic rings. The van der Waals surface area contributed by atoms with Gasteiger partial charge in [0.05, 0.1) is 6.61 Å². The topological polar surface area (TPSA) is 35.5 Å². The van der Waals surface area contributed by atoms with Gasteiger partial charge in [-0.1, -0.05) is 173 Å². The predicted molar refractivity (Wildman–Crippen MR) is 197 cm³/mol. The summed E-state index contributed by atoms with van der Waals surface area (Å²) in [6, 6.07) is 20.4. The number of carbonyl (C=O) groups excluding carboxylic acids is 1. The van der Waals surface area contributed by atoms with Gasteiger partial charge in [0.1, 0.15) is 18.1 Å². The Morgan fingerprint density at radius 1 is 0.609 bits per heavy atom. The Morgan fingerprint density at radius 2 is 1.17 bits per heavy atom. The van der Waals surface area contributed by atoms with E-state index in [1.165, 1.54) is 109 Å². The summed E-state index contributed by atoms with van der Waals surface area (Å²) in [6.45, 7) is 7.81. The van der Waals surface area contributed by atoms with E-state index in [0.717, 1.165) is 59.3 Å². The number of rotatable bonds is 27. The van der Waals surface area contributed by atoms with Crippen LogP contribution in [-0.2, 0) is 6.61 Å². The maximum Gasteiger partial charge on any atom is 0.165 e. The van der Waals surface area contributed by atoms with Crippen molar-refractivity contribution in [1.29, 1.82) is 0 Å². The van der Waals surface area contributed by atoms with Gasteiger partial charge in [-0.15, -0.1) is 0 Å². The van der Waals surface area contributed by atoms with Gasteiger partial charge in [-0.3, -0.25) is 4.79 Å². The molecule has 3 nitrogen and oxygen atoms in total. The van der Waals surface area contributed by atoms with Crippen molar-refractivity contribution in [2.45, 2.75) is 156 Å². The van der Waals surface area contributed by atoms with E-state index in [2.05, 4.69) is 45.0 Å². The second-order valence-corrected chi connectivity index (χ2v) is 13.5. The summed E-state index contributed by atoms with van der Waals surface area (Å²) in [5.41, 5.74) is 1.86. The first-order valence-corrected chi connectivity index (χ1v) is 19.0. The van der Waals surface area contributed by atoms with Crippen LogP contribution in [0.2, 0.25) is 0 Å². The van der Waals surface area contributed by atoms with Crippen LogP contribution < -0.4 is 9.47 Å². The van der Waals surface area contributed by atoms with E-state index < -0.39 is 0 Å². The highest BCUT2D eigenvalue weighted by Gasteiger charge is 2.15. The first kappa shape index (κ1) is 37.6. The minimum Gasteiger partial charge on any atom is -0.494 e. The molecule has 254 valence electrons. The second kappa shape index (κ2) is 23.5. The highest BCUT2D eigenvalue weighted by atomic mass is 16.5. The van der Waals surface area contributed by atoms with Crippen molar-refractivity contribution < 1.29 is 14.3 Å². The molecule has 0 radical (unpaired) electrons. The van der Waals surface area contributed by atoms with Crippen LogP contribution in [0.15, 0.2) is 60.7 Å². The van der Waals surface area contributed by atoms with Crippen LogP contribution in [0.4, 0.5) is 0 Å². The molecule has 0 aliphatic carbocycles. The number of benzene rings is 3. The monoisotopic (exact) mass is 628 g/mol. The molecule has 3 heteroatoms. The second-order valence-electron chi connectivity index (χ2n) is 13.5. The maximum absolute atomic E-state index is 12.8. The number of ketones is 1. The molecule has 0 heterocycles. The van der Waals surface area contributed by atoms with E-state index in [9.17, 15) is 4.79 Å². The average molecular weight is 629 g/mol. The lowest BCUT2D eigenvalue weighted by molar-refractivity contribution is 0.0922. The van der Waals surface area contributed by atoms with E-state index in [-0.39, 0.29) is 11.7 Å². The highest BCUT2D eigenvalue weighted by Crippen LogP contribution is 2.30. The number of ether oxygens (including phenoxy) is 2. The summed E-state index contributed by atoms with van der Waals surface area (Å²) in [7, 11) is 0. The fraction of sp³-hybridized carbons (Fsp3) is 0.605. The third-order valence-electron chi connectivity index (χ3n) is 9.40. The molecule has 3 aromatic carbocycles. The molecule has 3 rings (SSSR count). The minimum atomic E-state index is 0.0765. The zero-order chi connectivity index (χ0) is 32.7. The average Bonchev–Trinajstić information content (AvgIpc) is 3.08. The Labute approximate surface area is 281 Å². The predicted octanol–water partition coefficient (Wildman–Crippen LogP) is 13.5. The van der Waals surface area contributed by atoms with Crippen molar-refractivity contribution in [2.75, 3.05) is 6.61 Å².